The highest BCUT2D eigenvalue weighted by atomic mass is 16.5. The molecule has 3 heterocycles. The van der Waals surface area contributed by atoms with Gasteiger partial charge in [0, 0.05) is 24.9 Å². The first-order valence-corrected chi connectivity index (χ1v) is 10.8. The summed E-state index contributed by atoms with van der Waals surface area (Å²) < 4.78 is 12.0. The SMILES string of the molecule is Cc1ccc2c(c1)C(=O)N(C(C)C(=O)NC1C(C)NNC1C)CC1(CCOCC1)O2. The molecule has 3 aliphatic rings. The van der Waals surface area contributed by atoms with Crippen LogP contribution < -0.4 is 20.9 Å². The summed E-state index contributed by atoms with van der Waals surface area (Å²) in [7, 11) is 0. The molecule has 1 spiro atoms. The summed E-state index contributed by atoms with van der Waals surface area (Å²) in [5, 5.41) is 3.12. The average Bonchev–Trinajstić information content (AvgIpc) is 2.99. The van der Waals surface area contributed by atoms with E-state index in [4.69, 9.17) is 9.47 Å². The maximum Gasteiger partial charge on any atom is 0.258 e. The number of carbonyl (C=O) groups excluding carboxylic acids is 2. The Labute approximate surface area is 177 Å². The van der Waals surface area contributed by atoms with Crippen LogP contribution in [0.2, 0.25) is 0 Å². The van der Waals surface area contributed by atoms with Gasteiger partial charge in [-0.3, -0.25) is 20.4 Å². The van der Waals surface area contributed by atoms with Gasteiger partial charge in [-0.2, -0.15) is 0 Å². The Bertz CT molecular complexity index is 813. The molecule has 1 aromatic carbocycles. The third kappa shape index (κ3) is 3.91. The zero-order chi connectivity index (χ0) is 21.5. The lowest BCUT2D eigenvalue weighted by Crippen LogP contribution is -2.58. The number of nitrogens with one attached hydrogen (secondary N) is 3. The van der Waals surface area contributed by atoms with Gasteiger partial charge in [0.15, 0.2) is 0 Å². The van der Waals surface area contributed by atoms with Gasteiger partial charge >= 0.3 is 0 Å². The molecule has 3 aliphatic heterocycles. The Morgan fingerprint density at radius 2 is 1.90 bits per heavy atom. The number of carbonyl (C=O) groups is 2. The smallest absolute Gasteiger partial charge is 0.258 e. The highest BCUT2D eigenvalue weighted by Crippen LogP contribution is 2.36. The van der Waals surface area contributed by atoms with E-state index < -0.39 is 11.6 Å². The first kappa shape index (κ1) is 21.1. The maximum atomic E-state index is 13.5. The zero-order valence-electron chi connectivity index (χ0n) is 18.2. The Morgan fingerprint density at radius 3 is 2.57 bits per heavy atom. The van der Waals surface area contributed by atoms with Gasteiger partial charge in [0.25, 0.3) is 5.91 Å². The average molecular weight is 417 g/mol. The van der Waals surface area contributed by atoms with Crippen molar-refractivity contribution in [3.05, 3.63) is 29.3 Å². The second-order valence-corrected chi connectivity index (χ2v) is 8.91. The molecule has 0 saturated carbocycles. The van der Waals surface area contributed by atoms with Crippen LogP contribution in [-0.2, 0) is 9.53 Å². The number of aryl methyl sites for hydroxylation is 1. The minimum absolute atomic E-state index is 0.0511. The number of amides is 2. The van der Waals surface area contributed by atoms with Gasteiger partial charge in [-0.05, 0) is 39.8 Å². The number of ether oxygens (including phenoxy) is 2. The van der Waals surface area contributed by atoms with Gasteiger partial charge in [0.05, 0.1) is 31.4 Å². The van der Waals surface area contributed by atoms with Crippen molar-refractivity contribution in [2.24, 2.45) is 0 Å². The molecule has 30 heavy (non-hydrogen) atoms. The predicted octanol–water partition coefficient (Wildman–Crippen LogP) is 1.14. The third-order valence-electron chi connectivity index (χ3n) is 6.59. The van der Waals surface area contributed by atoms with E-state index in [2.05, 4.69) is 16.2 Å². The fourth-order valence-corrected chi connectivity index (χ4v) is 4.57. The summed E-state index contributed by atoms with van der Waals surface area (Å²) in [6.45, 7) is 9.32. The van der Waals surface area contributed by atoms with Crippen molar-refractivity contribution in [3.63, 3.8) is 0 Å². The normalized spacial score (nSPS) is 29.1. The molecule has 3 unspecified atom stereocenters. The van der Waals surface area contributed by atoms with E-state index in [9.17, 15) is 9.59 Å². The second-order valence-electron chi connectivity index (χ2n) is 8.91. The standard InChI is InChI=1S/C22H32N4O4/c1-13-5-6-18-17(11-13)21(28)26(12-22(30-18)7-9-29-10-8-22)16(4)20(27)23-19-14(2)24-25-15(19)3/h5-6,11,14-16,19,24-25H,7-10,12H2,1-4H3,(H,23,27). The molecule has 0 radical (unpaired) electrons. The maximum absolute atomic E-state index is 13.5. The summed E-state index contributed by atoms with van der Waals surface area (Å²) in [5.74, 6) is 0.272. The summed E-state index contributed by atoms with van der Waals surface area (Å²) in [4.78, 5) is 28.4. The first-order valence-electron chi connectivity index (χ1n) is 10.8. The Balaban J connectivity index is 1.63. The van der Waals surface area contributed by atoms with Crippen molar-refractivity contribution in [1.29, 1.82) is 0 Å². The Kier molecular flexibility index (Phi) is 5.74. The molecule has 0 aliphatic carbocycles. The number of benzene rings is 1. The Hall–Kier alpha value is -2.16. The number of hydrazine groups is 1. The van der Waals surface area contributed by atoms with Crippen molar-refractivity contribution in [2.45, 2.75) is 70.3 Å². The largest absolute Gasteiger partial charge is 0.484 e. The van der Waals surface area contributed by atoms with Gasteiger partial charge in [-0.15, -0.1) is 0 Å². The Morgan fingerprint density at radius 1 is 1.23 bits per heavy atom. The molecule has 8 heteroatoms. The molecule has 164 valence electrons. The van der Waals surface area contributed by atoms with E-state index in [1.807, 2.05) is 39.0 Å². The molecular weight excluding hydrogens is 384 g/mol. The van der Waals surface area contributed by atoms with Crippen LogP contribution in [0.1, 0.15) is 49.5 Å². The van der Waals surface area contributed by atoms with Crippen molar-refractivity contribution < 1.29 is 19.1 Å². The lowest BCUT2D eigenvalue weighted by Gasteiger charge is -2.40. The highest BCUT2D eigenvalue weighted by Gasteiger charge is 2.45. The molecule has 0 bridgehead atoms. The molecule has 3 N–H and O–H groups in total. The van der Waals surface area contributed by atoms with Gasteiger partial charge in [-0.25, -0.2) is 0 Å². The van der Waals surface area contributed by atoms with E-state index in [0.29, 0.717) is 43.9 Å². The van der Waals surface area contributed by atoms with Crippen LogP contribution >= 0.6 is 0 Å². The zero-order valence-corrected chi connectivity index (χ0v) is 18.2. The molecule has 2 amide bonds. The lowest BCUT2D eigenvalue weighted by atomic mass is 9.92. The molecule has 3 atom stereocenters. The van der Waals surface area contributed by atoms with Crippen LogP contribution in [0.3, 0.4) is 0 Å². The van der Waals surface area contributed by atoms with E-state index in [1.165, 1.54) is 0 Å². The van der Waals surface area contributed by atoms with E-state index in [1.54, 1.807) is 11.8 Å². The first-order chi connectivity index (χ1) is 14.3. The predicted molar refractivity (Wildman–Crippen MR) is 112 cm³/mol. The van der Waals surface area contributed by atoms with E-state index in [0.717, 1.165) is 5.56 Å². The quantitative estimate of drug-likeness (QED) is 0.684. The number of hydrogen-bond acceptors (Lipinski definition) is 6. The van der Waals surface area contributed by atoms with Crippen LogP contribution in [0.4, 0.5) is 0 Å². The fourth-order valence-electron chi connectivity index (χ4n) is 4.57. The van der Waals surface area contributed by atoms with E-state index in [-0.39, 0.29) is 29.9 Å². The topological polar surface area (TPSA) is 91.9 Å². The number of fused-ring (bicyclic) bond motifs is 1. The monoisotopic (exact) mass is 416 g/mol. The lowest BCUT2D eigenvalue weighted by molar-refractivity contribution is -0.127. The number of rotatable bonds is 3. The van der Waals surface area contributed by atoms with E-state index >= 15 is 0 Å². The molecule has 8 nitrogen and oxygen atoms in total. The molecule has 1 aromatic rings. The molecular formula is C22H32N4O4. The summed E-state index contributed by atoms with van der Waals surface area (Å²) in [5.41, 5.74) is 7.26. The van der Waals surface area contributed by atoms with Crippen molar-refractivity contribution in [2.75, 3.05) is 19.8 Å². The van der Waals surface area contributed by atoms with Gasteiger partial charge < -0.3 is 19.7 Å². The minimum atomic E-state index is -0.618. The molecule has 2 saturated heterocycles. The molecule has 4 rings (SSSR count). The third-order valence-corrected chi connectivity index (χ3v) is 6.59. The van der Waals surface area contributed by atoms with Crippen molar-refractivity contribution in [1.82, 2.24) is 21.1 Å². The van der Waals surface area contributed by atoms with Crippen LogP contribution in [0.15, 0.2) is 18.2 Å². The van der Waals surface area contributed by atoms with Crippen molar-refractivity contribution in [3.8, 4) is 5.75 Å². The second kappa shape index (κ2) is 8.17. The fraction of sp³-hybridized carbons (Fsp3) is 0.636. The van der Waals surface area contributed by atoms with Crippen LogP contribution in [-0.4, -0.2) is 66.2 Å². The molecule has 0 aromatic heterocycles. The molecule has 2 fully saturated rings. The van der Waals surface area contributed by atoms with Crippen LogP contribution in [0.5, 0.6) is 5.75 Å². The van der Waals surface area contributed by atoms with Crippen LogP contribution in [0.25, 0.3) is 0 Å². The van der Waals surface area contributed by atoms with Crippen molar-refractivity contribution >= 4 is 11.8 Å². The number of hydrogen-bond donors (Lipinski definition) is 3. The highest BCUT2D eigenvalue weighted by molar-refractivity contribution is 6.00. The van der Waals surface area contributed by atoms with Crippen LogP contribution in [0, 0.1) is 6.92 Å². The van der Waals surface area contributed by atoms with Gasteiger partial charge in [0.2, 0.25) is 5.91 Å². The summed E-state index contributed by atoms with van der Waals surface area (Å²) in [6.07, 6.45) is 1.37. The van der Waals surface area contributed by atoms with Gasteiger partial charge in [0.1, 0.15) is 17.4 Å². The van der Waals surface area contributed by atoms with Gasteiger partial charge in [-0.1, -0.05) is 11.6 Å². The summed E-state index contributed by atoms with van der Waals surface area (Å²) >= 11 is 0. The summed E-state index contributed by atoms with van der Waals surface area (Å²) in [6, 6.07) is 5.20. The number of nitrogens with zero attached hydrogens (tertiary/aromatic N) is 1. The minimum Gasteiger partial charge on any atom is -0.484 e.